The van der Waals surface area contributed by atoms with Gasteiger partial charge in [0.25, 0.3) is 0 Å². The lowest BCUT2D eigenvalue weighted by atomic mass is 10.1. The first-order valence-corrected chi connectivity index (χ1v) is 9.67. The summed E-state index contributed by atoms with van der Waals surface area (Å²) in [4.78, 5) is 28.2. The number of carbonyl (C=O) groups excluding carboxylic acids is 2. The van der Waals surface area contributed by atoms with Crippen LogP contribution >= 0.6 is 11.3 Å². The van der Waals surface area contributed by atoms with E-state index in [0.29, 0.717) is 10.8 Å². The molecule has 1 fully saturated rings. The zero-order valence-electron chi connectivity index (χ0n) is 14.8. The number of hydrogen-bond donors (Lipinski definition) is 3. The third-order valence-electron chi connectivity index (χ3n) is 4.31. The number of carbonyl (C=O) groups is 2. The number of amides is 3. The molecule has 0 saturated heterocycles. The third-order valence-corrected chi connectivity index (χ3v) is 5.12. The highest BCUT2D eigenvalue weighted by Gasteiger charge is 2.33. The number of hydrogen-bond acceptors (Lipinski definition) is 4. The Morgan fingerprint density at radius 3 is 2.57 bits per heavy atom. The molecule has 0 atom stereocenters. The molecule has 3 rings (SSSR count). The molecule has 3 N–H and O–H groups in total. The maximum absolute atomic E-state index is 13.0. The Morgan fingerprint density at radius 1 is 1.14 bits per heavy atom. The van der Waals surface area contributed by atoms with Crippen LogP contribution in [0.25, 0.3) is 0 Å². The van der Waals surface area contributed by atoms with Crippen LogP contribution in [0.4, 0.5) is 28.8 Å². The lowest BCUT2D eigenvalue weighted by Gasteiger charge is -2.13. The van der Waals surface area contributed by atoms with E-state index < -0.39 is 17.6 Å². The molecule has 10 heteroatoms. The number of benzene rings is 1. The molecule has 1 aliphatic carbocycles. The van der Waals surface area contributed by atoms with Gasteiger partial charge in [-0.3, -0.25) is 10.1 Å². The number of urea groups is 1. The molecule has 150 valence electrons. The molecule has 2 aromatic rings. The molecule has 1 aromatic carbocycles. The van der Waals surface area contributed by atoms with Gasteiger partial charge in [-0.1, -0.05) is 25.0 Å². The fraction of sp³-hybridized carbons (Fsp3) is 0.389. The molecule has 6 nitrogen and oxygen atoms in total. The fourth-order valence-electron chi connectivity index (χ4n) is 3.03. The third kappa shape index (κ3) is 5.44. The van der Waals surface area contributed by atoms with Crippen molar-refractivity contribution >= 4 is 34.1 Å². The topological polar surface area (TPSA) is 83.1 Å². The van der Waals surface area contributed by atoms with Crippen LogP contribution in [0.15, 0.2) is 29.6 Å². The van der Waals surface area contributed by atoms with E-state index in [1.807, 2.05) is 0 Å². The number of alkyl halides is 3. The first-order chi connectivity index (χ1) is 13.3. The van der Waals surface area contributed by atoms with Gasteiger partial charge in [0.05, 0.1) is 23.4 Å². The molecular weight excluding hydrogens is 393 g/mol. The van der Waals surface area contributed by atoms with E-state index in [4.69, 9.17) is 0 Å². The second kappa shape index (κ2) is 8.59. The average Bonchev–Trinajstić information content (AvgIpc) is 3.26. The van der Waals surface area contributed by atoms with Gasteiger partial charge < -0.3 is 10.6 Å². The summed E-state index contributed by atoms with van der Waals surface area (Å²) in [7, 11) is 0. The van der Waals surface area contributed by atoms with Crippen LogP contribution in [-0.2, 0) is 17.4 Å². The summed E-state index contributed by atoms with van der Waals surface area (Å²) in [6.45, 7) is 0. The standard InChI is InChI=1S/C18H19F3N4O2S/c19-18(20,21)13-7-3-4-8-14(13)24-15(26)9-12-10-28-17(23-12)25-16(27)22-11-5-1-2-6-11/h3-4,7-8,10-11H,1-2,5-6,9H2,(H,24,26)(H2,22,23,25,27). The summed E-state index contributed by atoms with van der Waals surface area (Å²) in [6, 6.07) is 4.59. The first kappa shape index (κ1) is 20.1. The Morgan fingerprint density at radius 2 is 1.86 bits per heavy atom. The Bertz CT molecular complexity index is 847. The molecule has 0 spiro atoms. The average molecular weight is 412 g/mol. The van der Waals surface area contributed by atoms with Gasteiger partial charge in [-0.25, -0.2) is 9.78 Å². The van der Waals surface area contributed by atoms with E-state index in [-0.39, 0.29) is 24.2 Å². The zero-order chi connectivity index (χ0) is 20.1. The highest BCUT2D eigenvalue weighted by atomic mass is 32.1. The number of nitrogens with zero attached hydrogens (tertiary/aromatic N) is 1. The highest BCUT2D eigenvalue weighted by Crippen LogP contribution is 2.34. The second-order valence-corrected chi connectivity index (χ2v) is 7.35. The minimum atomic E-state index is -4.56. The van der Waals surface area contributed by atoms with Gasteiger partial charge in [0, 0.05) is 11.4 Å². The molecule has 3 amide bonds. The SMILES string of the molecule is O=C(Cc1csc(NC(=O)NC2CCCC2)n1)Nc1ccccc1C(F)(F)F. The quantitative estimate of drug-likeness (QED) is 0.680. The molecule has 28 heavy (non-hydrogen) atoms. The van der Waals surface area contributed by atoms with Crippen LogP contribution in [0.2, 0.25) is 0 Å². The fourth-order valence-corrected chi connectivity index (χ4v) is 3.74. The monoisotopic (exact) mass is 412 g/mol. The van der Waals surface area contributed by atoms with Crippen molar-refractivity contribution in [3.8, 4) is 0 Å². The normalized spacial score (nSPS) is 14.7. The molecule has 0 aliphatic heterocycles. The molecule has 0 unspecified atom stereocenters. The van der Waals surface area contributed by atoms with Gasteiger partial charge in [-0.05, 0) is 25.0 Å². The van der Waals surface area contributed by atoms with Gasteiger partial charge in [0.1, 0.15) is 0 Å². The minimum Gasteiger partial charge on any atom is -0.335 e. The van der Waals surface area contributed by atoms with Crippen LogP contribution in [0.3, 0.4) is 0 Å². The van der Waals surface area contributed by atoms with E-state index in [2.05, 4.69) is 20.9 Å². The number of thiazole rings is 1. The van der Waals surface area contributed by atoms with E-state index in [1.165, 1.54) is 18.2 Å². The molecule has 0 radical (unpaired) electrons. The van der Waals surface area contributed by atoms with E-state index in [0.717, 1.165) is 43.1 Å². The molecule has 1 saturated carbocycles. The zero-order valence-corrected chi connectivity index (χ0v) is 15.6. The van der Waals surface area contributed by atoms with Crippen LogP contribution < -0.4 is 16.0 Å². The number of anilines is 2. The van der Waals surface area contributed by atoms with Crippen molar-refractivity contribution < 1.29 is 22.8 Å². The summed E-state index contributed by atoms with van der Waals surface area (Å²) in [5, 5.41) is 9.66. The molecule has 1 aliphatic rings. The molecule has 1 heterocycles. The van der Waals surface area contributed by atoms with Crippen LogP contribution in [0, 0.1) is 0 Å². The van der Waals surface area contributed by atoms with Crippen molar-refractivity contribution in [1.29, 1.82) is 0 Å². The maximum atomic E-state index is 13.0. The maximum Gasteiger partial charge on any atom is 0.418 e. The van der Waals surface area contributed by atoms with Gasteiger partial charge in [0.15, 0.2) is 5.13 Å². The first-order valence-electron chi connectivity index (χ1n) is 8.79. The molecular formula is C18H19F3N4O2S. The number of halogens is 3. The number of aromatic nitrogens is 1. The summed E-state index contributed by atoms with van der Waals surface area (Å²) in [5.74, 6) is -0.621. The van der Waals surface area contributed by atoms with E-state index >= 15 is 0 Å². The lowest BCUT2D eigenvalue weighted by Crippen LogP contribution is -2.36. The van der Waals surface area contributed by atoms with Crippen molar-refractivity contribution in [2.45, 2.75) is 44.3 Å². The van der Waals surface area contributed by atoms with Crippen LogP contribution in [-0.4, -0.2) is 23.0 Å². The summed E-state index contributed by atoms with van der Waals surface area (Å²) in [5.41, 5.74) is -0.847. The summed E-state index contributed by atoms with van der Waals surface area (Å²) in [6.07, 6.45) is -0.660. The van der Waals surface area contributed by atoms with Crippen molar-refractivity contribution in [2.24, 2.45) is 0 Å². The van der Waals surface area contributed by atoms with Gasteiger partial charge in [0.2, 0.25) is 5.91 Å². The van der Waals surface area contributed by atoms with Crippen LogP contribution in [0.5, 0.6) is 0 Å². The smallest absolute Gasteiger partial charge is 0.335 e. The van der Waals surface area contributed by atoms with Crippen molar-refractivity contribution in [1.82, 2.24) is 10.3 Å². The van der Waals surface area contributed by atoms with E-state index in [1.54, 1.807) is 5.38 Å². The van der Waals surface area contributed by atoms with Crippen molar-refractivity contribution in [3.63, 3.8) is 0 Å². The van der Waals surface area contributed by atoms with Gasteiger partial charge in [-0.15, -0.1) is 11.3 Å². The Hall–Kier alpha value is -2.62. The number of rotatable bonds is 5. The summed E-state index contributed by atoms with van der Waals surface area (Å²) >= 11 is 1.15. The summed E-state index contributed by atoms with van der Waals surface area (Å²) < 4.78 is 39.0. The largest absolute Gasteiger partial charge is 0.418 e. The number of para-hydroxylation sites is 1. The minimum absolute atomic E-state index is 0.166. The van der Waals surface area contributed by atoms with Crippen molar-refractivity contribution in [3.05, 3.63) is 40.9 Å². The lowest BCUT2D eigenvalue weighted by molar-refractivity contribution is -0.137. The predicted molar refractivity (Wildman–Crippen MR) is 100 cm³/mol. The Kier molecular flexibility index (Phi) is 6.18. The predicted octanol–water partition coefficient (Wildman–Crippen LogP) is 4.41. The van der Waals surface area contributed by atoms with E-state index in [9.17, 15) is 22.8 Å². The number of nitrogens with one attached hydrogen (secondary N) is 3. The highest BCUT2D eigenvalue weighted by molar-refractivity contribution is 7.13. The molecule has 0 bridgehead atoms. The van der Waals surface area contributed by atoms with Crippen LogP contribution in [0.1, 0.15) is 36.9 Å². The van der Waals surface area contributed by atoms with Crippen molar-refractivity contribution in [2.75, 3.05) is 10.6 Å². The Labute approximate surface area is 163 Å². The van der Waals surface area contributed by atoms with Gasteiger partial charge >= 0.3 is 12.2 Å². The Balaban J connectivity index is 1.55. The molecule has 1 aromatic heterocycles. The van der Waals surface area contributed by atoms with Gasteiger partial charge in [-0.2, -0.15) is 13.2 Å². The second-order valence-electron chi connectivity index (χ2n) is 6.49.